The zero-order chi connectivity index (χ0) is 29.9. The molecule has 0 saturated carbocycles. The number of rotatable bonds is 9. The molecule has 2 atom stereocenters. The quantitative estimate of drug-likeness (QED) is 0.174. The summed E-state index contributed by atoms with van der Waals surface area (Å²) >= 11 is 0. The topological polar surface area (TPSA) is 47.2 Å². The van der Waals surface area contributed by atoms with Gasteiger partial charge in [0.1, 0.15) is 0 Å². The Balaban J connectivity index is 0.000000278. The third-order valence-electron chi connectivity index (χ3n) is 8.68. The summed E-state index contributed by atoms with van der Waals surface area (Å²) in [5.74, 6) is 1.09. The number of benzene rings is 3. The molecular weight excluding hydrogens is 693 g/mol. The first-order valence-electron chi connectivity index (χ1n) is 15.7. The standard InChI is InChI=1S/C26H24N.C12H26NO.Ir/c1-16(2)13-17-14-19-11-12-27-25-21-10-9-18-7-5-6-8-20(18)24(21)26(3,4)22(15-17)23(19)25;1-6-11(7-2)12(14)8-10(5)13-9(3)4;/h5-9,11-12,14-16H,13H2,1-4H3;9-12,14H,6-8H2,1-5H3;/q2*-1;. The second kappa shape index (κ2) is 14.6. The summed E-state index contributed by atoms with van der Waals surface area (Å²) in [5, 5.41) is 19.6. The summed E-state index contributed by atoms with van der Waals surface area (Å²) in [7, 11) is 0. The van der Waals surface area contributed by atoms with Crippen molar-refractivity contribution in [1.82, 2.24) is 4.98 Å². The molecule has 0 saturated heterocycles. The number of pyridine rings is 1. The SMILES string of the molecule is CC(C)Cc1cc2c3c(nccc3c1)-c1[c-]cc3ccccc3c1C2(C)C.CCC(CC)C(O)CC(C)[N-]C(C)C.[Ir]. The summed E-state index contributed by atoms with van der Waals surface area (Å²) in [5.41, 5.74) is 6.33. The van der Waals surface area contributed by atoms with Crippen molar-refractivity contribution in [1.29, 1.82) is 0 Å². The molecule has 3 aromatic carbocycles. The van der Waals surface area contributed by atoms with Gasteiger partial charge in [0.25, 0.3) is 0 Å². The van der Waals surface area contributed by atoms with Gasteiger partial charge in [0.15, 0.2) is 0 Å². The van der Waals surface area contributed by atoms with Gasteiger partial charge in [-0.15, -0.1) is 35.3 Å². The Hall–Kier alpha value is -2.10. The van der Waals surface area contributed by atoms with Crippen LogP contribution >= 0.6 is 0 Å². The van der Waals surface area contributed by atoms with Crippen LogP contribution in [0.5, 0.6) is 0 Å². The van der Waals surface area contributed by atoms with Crippen molar-refractivity contribution < 1.29 is 25.2 Å². The van der Waals surface area contributed by atoms with Crippen molar-refractivity contribution in [2.75, 3.05) is 0 Å². The van der Waals surface area contributed by atoms with Gasteiger partial charge < -0.3 is 15.4 Å². The summed E-state index contributed by atoms with van der Waals surface area (Å²) in [4.78, 5) is 4.81. The van der Waals surface area contributed by atoms with Crippen LogP contribution in [0.4, 0.5) is 0 Å². The number of hydrogen-bond acceptors (Lipinski definition) is 2. The first-order chi connectivity index (χ1) is 19.5. The summed E-state index contributed by atoms with van der Waals surface area (Å²) in [6.45, 7) is 19.8. The van der Waals surface area contributed by atoms with Crippen molar-refractivity contribution >= 4 is 21.5 Å². The molecule has 0 bridgehead atoms. The fourth-order valence-corrected chi connectivity index (χ4v) is 6.77. The molecule has 1 aromatic heterocycles. The van der Waals surface area contributed by atoms with Gasteiger partial charge in [0, 0.05) is 26.3 Å². The minimum absolute atomic E-state index is 0. The third kappa shape index (κ3) is 7.33. The fraction of sp³-hybridized carbons (Fsp3) is 0.500. The Morgan fingerprint density at radius 1 is 0.952 bits per heavy atom. The molecular formula is C38H50IrN2O-2. The average molecular weight is 743 g/mol. The van der Waals surface area contributed by atoms with E-state index in [1.54, 1.807) is 0 Å². The maximum Gasteiger partial charge on any atom is 0.0554 e. The molecule has 42 heavy (non-hydrogen) atoms. The van der Waals surface area contributed by atoms with Crippen LogP contribution in [0.3, 0.4) is 0 Å². The van der Waals surface area contributed by atoms with E-state index in [1.807, 2.05) is 6.20 Å². The molecule has 0 spiro atoms. The molecule has 1 N–H and O–H groups in total. The molecule has 0 fully saturated rings. The van der Waals surface area contributed by atoms with E-state index in [2.05, 4.69) is 122 Å². The van der Waals surface area contributed by atoms with E-state index in [0.717, 1.165) is 36.9 Å². The molecule has 3 nitrogen and oxygen atoms in total. The van der Waals surface area contributed by atoms with Crippen molar-refractivity contribution in [3.63, 3.8) is 0 Å². The number of hydrogen-bond donors (Lipinski definition) is 1. The summed E-state index contributed by atoms with van der Waals surface area (Å²) < 4.78 is 0. The molecule has 4 heteroatoms. The number of aliphatic hydroxyl groups excluding tert-OH is 1. The molecule has 1 heterocycles. The van der Waals surface area contributed by atoms with E-state index < -0.39 is 0 Å². The van der Waals surface area contributed by atoms with Crippen molar-refractivity contribution in [2.45, 2.75) is 112 Å². The smallest absolute Gasteiger partial charge is 0.0554 e. The van der Waals surface area contributed by atoms with Crippen LogP contribution in [0.2, 0.25) is 0 Å². The Morgan fingerprint density at radius 3 is 2.29 bits per heavy atom. The summed E-state index contributed by atoms with van der Waals surface area (Å²) in [6.07, 6.45) is 5.81. The van der Waals surface area contributed by atoms with E-state index in [1.165, 1.54) is 38.2 Å². The molecule has 4 aromatic rings. The molecule has 0 aliphatic heterocycles. The van der Waals surface area contributed by atoms with Gasteiger partial charge in [0.2, 0.25) is 0 Å². The van der Waals surface area contributed by atoms with Gasteiger partial charge in [-0.05, 0) is 63.8 Å². The van der Waals surface area contributed by atoms with E-state index in [9.17, 15) is 5.11 Å². The second-order valence-corrected chi connectivity index (χ2v) is 13.2. The van der Waals surface area contributed by atoms with E-state index in [0.29, 0.717) is 17.9 Å². The molecule has 5 rings (SSSR count). The average Bonchev–Trinajstić information content (AvgIpc) is 2.91. The largest absolute Gasteiger partial charge is 0.657 e. The first-order valence-corrected chi connectivity index (χ1v) is 15.7. The Bertz CT molecular complexity index is 1470. The predicted octanol–water partition coefficient (Wildman–Crippen LogP) is 10.0. The van der Waals surface area contributed by atoms with Gasteiger partial charge in [-0.25, -0.2) is 0 Å². The van der Waals surface area contributed by atoms with E-state index in [-0.39, 0.29) is 37.7 Å². The van der Waals surface area contributed by atoms with Gasteiger partial charge in [-0.3, -0.25) is 0 Å². The van der Waals surface area contributed by atoms with Crippen LogP contribution < -0.4 is 0 Å². The van der Waals surface area contributed by atoms with Crippen molar-refractivity contribution in [3.05, 3.63) is 82.8 Å². The molecule has 0 amide bonds. The van der Waals surface area contributed by atoms with Crippen molar-refractivity contribution in [3.8, 4) is 11.3 Å². The van der Waals surface area contributed by atoms with Crippen LogP contribution in [-0.2, 0) is 31.9 Å². The zero-order valence-corrected chi connectivity index (χ0v) is 29.5. The number of aromatic nitrogens is 1. The first kappa shape index (κ1) is 34.4. The molecule has 1 radical (unpaired) electrons. The Morgan fingerprint density at radius 2 is 1.64 bits per heavy atom. The van der Waals surface area contributed by atoms with Crippen LogP contribution in [-0.4, -0.2) is 28.3 Å². The molecule has 229 valence electrons. The fourth-order valence-electron chi connectivity index (χ4n) is 6.77. The minimum atomic E-state index is -0.178. The molecule has 1 aliphatic rings. The van der Waals surface area contributed by atoms with Gasteiger partial charge in [-0.2, -0.15) is 0 Å². The van der Waals surface area contributed by atoms with E-state index >= 15 is 0 Å². The number of aliphatic hydroxyl groups is 1. The zero-order valence-electron chi connectivity index (χ0n) is 27.1. The van der Waals surface area contributed by atoms with E-state index in [4.69, 9.17) is 4.98 Å². The van der Waals surface area contributed by atoms with Crippen LogP contribution in [0.15, 0.2) is 54.7 Å². The summed E-state index contributed by atoms with van der Waals surface area (Å²) in [6, 6.07) is 22.0. The van der Waals surface area contributed by atoms with Crippen LogP contribution in [0.1, 0.15) is 98.3 Å². The number of nitrogens with zero attached hydrogens (tertiary/aromatic N) is 2. The normalized spacial score (nSPS) is 14.9. The maximum absolute atomic E-state index is 9.93. The van der Waals surface area contributed by atoms with Gasteiger partial charge >= 0.3 is 0 Å². The van der Waals surface area contributed by atoms with Gasteiger partial charge in [0.05, 0.1) is 6.10 Å². The van der Waals surface area contributed by atoms with Gasteiger partial charge in [-0.1, -0.05) is 122 Å². The molecule has 1 aliphatic carbocycles. The maximum atomic E-state index is 9.93. The van der Waals surface area contributed by atoms with Crippen molar-refractivity contribution in [2.24, 2.45) is 11.8 Å². The van der Waals surface area contributed by atoms with Crippen LogP contribution in [0.25, 0.3) is 38.1 Å². The third-order valence-corrected chi connectivity index (χ3v) is 8.68. The minimum Gasteiger partial charge on any atom is -0.657 e. The predicted molar refractivity (Wildman–Crippen MR) is 177 cm³/mol. The number of fused-ring (bicyclic) bond motifs is 4. The Kier molecular flexibility index (Phi) is 11.9. The van der Waals surface area contributed by atoms with Crippen LogP contribution in [0, 0.1) is 17.9 Å². The molecule has 2 unspecified atom stereocenters. The Labute approximate surface area is 268 Å². The monoisotopic (exact) mass is 743 g/mol. The second-order valence-electron chi connectivity index (χ2n) is 13.2.